The van der Waals surface area contributed by atoms with Crippen LogP contribution in [0.25, 0.3) is 88.5 Å². The van der Waals surface area contributed by atoms with E-state index in [2.05, 4.69) is 127 Å². The molecule has 0 saturated carbocycles. The summed E-state index contributed by atoms with van der Waals surface area (Å²) in [4.78, 5) is 10.3. The molecule has 2 heterocycles. The van der Waals surface area contributed by atoms with E-state index in [1.807, 2.05) is 30.3 Å². The van der Waals surface area contributed by atoms with E-state index in [4.69, 9.17) is 14.4 Å². The molecule has 3 nitrogen and oxygen atoms in total. The molecule has 0 aliphatic carbocycles. The fraction of sp³-hybridized carbons (Fsp3) is 0. The van der Waals surface area contributed by atoms with Crippen LogP contribution in [0.15, 0.2) is 162 Å². The maximum absolute atomic E-state index is 6.73. The van der Waals surface area contributed by atoms with Gasteiger partial charge in [-0.1, -0.05) is 146 Å². The van der Waals surface area contributed by atoms with E-state index in [0.717, 1.165) is 60.5 Å². The Morgan fingerprint density at radius 3 is 1.53 bits per heavy atom. The first-order valence-electron chi connectivity index (χ1n) is 15.2. The fourth-order valence-electron chi connectivity index (χ4n) is 6.58. The number of rotatable bonds is 4. The molecule has 0 spiro atoms. The fourth-order valence-corrected chi connectivity index (χ4v) is 6.58. The number of aromatic nitrogens is 2. The highest BCUT2D eigenvalue weighted by Gasteiger charge is 2.22. The predicted molar refractivity (Wildman–Crippen MR) is 186 cm³/mol. The van der Waals surface area contributed by atoms with Crippen molar-refractivity contribution in [1.29, 1.82) is 0 Å². The van der Waals surface area contributed by atoms with E-state index >= 15 is 0 Å². The summed E-state index contributed by atoms with van der Waals surface area (Å²) >= 11 is 0. The summed E-state index contributed by atoms with van der Waals surface area (Å²) in [5, 5.41) is 6.54. The molecular weight excluding hydrogens is 548 g/mol. The van der Waals surface area contributed by atoms with Crippen molar-refractivity contribution < 1.29 is 4.42 Å². The van der Waals surface area contributed by atoms with E-state index < -0.39 is 0 Å². The van der Waals surface area contributed by atoms with Gasteiger partial charge in [0.05, 0.1) is 11.1 Å². The van der Waals surface area contributed by atoms with E-state index in [1.54, 1.807) is 0 Å². The minimum Gasteiger partial charge on any atom is -0.437 e. The number of fused-ring (bicyclic) bond motifs is 8. The first kappa shape index (κ1) is 25.4. The highest BCUT2D eigenvalue weighted by atomic mass is 16.3. The number of hydrogen-bond donors (Lipinski definition) is 0. The van der Waals surface area contributed by atoms with Crippen LogP contribution in [0.2, 0.25) is 0 Å². The zero-order valence-corrected chi connectivity index (χ0v) is 24.3. The molecule has 2 aromatic heterocycles. The molecule has 0 aliphatic rings. The molecule has 0 atom stereocenters. The van der Waals surface area contributed by atoms with Gasteiger partial charge in [0.1, 0.15) is 5.58 Å². The predicted octanol–water partition coefficient (Wildman–Crippen LogP) is 11.4. The van der Waals surface area contributed by atoms with Gasteiger partial charge in [0.25, 0.3) is 0 Å². The monoisotopic (exact) mass is 574 g/mol. The van der Waals surface area contributed by atoms with Gasteiger partial charge in [-0.2, -0.15) is 4.98 Å². The zero-order chi connectivity index (χ0) is 29.7. The van der Waals surface area contributed by atoms with Crippen molar-refractivity contribution >= 4 is 43.6 Å². The largest absolute Gasteiger partial charge is 0.437 e. The molecule has 0 radical (unpaired) electrons. The lowest BCUT2D eigenvalue weighted by Gasteiger charge is -2.11. The Hall–Kier alpha value is -6.06. The van der Waals surface area contributed by atoms with E-state index in [9.17, 15) is 0 Å². The van der Waals surface area contributed by atoms with Gasteiger partial charge in [-0.3, -0.25) is 0 Å². The lowest BCUT2D eigenvalue weighted by atomic mass is 9.94. The lowest BCUT2D eigenvalue weighted by Crippen LogP contribution is -1.94. The topological polar surface area (TPSA) is 38.9 Å². The minimum atomic E-state index is 0.590. The van der Waals surface area contributed by atoms with Crippen LogP contribution >= 0.6 is 0 Å². The van der Waals surface area contributed by atoms with Crippen LogP contribution < -0.4 is 0 Å². The van der Waals surface area contributed by atoms with Gasteiger partial charge in [-0.05, 0) is 50.5 Å². The van der Waals surface area contributed by atoms with Crippen molar-refractivity contribution in [3.05, 3.63) is 158 Å². The first-order chi connectivity index (χ1) is 22.3. The quantitative estimate of drug-likeness (QED) is 0.196. The second kappa shape index (κ2) is 10.3. The first-order valence-corrected chi connectivity index (χ1v) is 15.2. The van der Waals surface area contributed by atoms with Gasteiger partial charge in [-0.25, -0.2) is 4.98 Å². The molecule has 9 aromatic rings. The molecule has 0 fully saturated rings. The molecule has 0 unspecified atom stereocenters. The summed E-state index contributed by atoms with van der Waals surface area (Å²) < 4.78 is 6.73. The van der Waals surface area contributed by atoms with Crippen LogP contribution in [0.3, 0.4) is 0 Å². The second-order valence-electron chi connectivity index (χ2n) is 11.4. The van der Waals surface area contributed by atoms with Crippen molar-refractivity contribution in [1.82, 2.24) is 9.97 Å². The Morgan fingerprint density at radius 2 is 0.844 bits per heavy atom. The van der Waals surface area contributed by atoms with Gasteiger partial charge < -0.3 is 4.42 Å². The van der Waals surface area contributed by atoms with Crippen molar-refractivity contribution in [3.8, 4) is 44.9 Å². The van der Waals surface area contributed by atoms with Crippen LogP contribution in [-0.2, 0) is 0 Å². The van der Waals surface area contributed by atoms with Crippen molar-refractivity contribution in [2.75, 3.05) is 0 Å². The maximum atomic E-state index is 6.73. The molecule has 3 heteroatoms. The molecule has 0 N–H and O–H groups in total. The van der Waals surface area contributed by atoms with Crippen LogP contribution in [-0.4, -0.2) is 9.97 Å². The average Bonchev–Trinajstić information content (AvgIpc) is 3.52. The van der Waals surface area contributed by atoms with E-state index in [0.29, 0.717) is 11.5 Å². The molecule has 9 rings (SSSR count). The standard InChI is InChI=1S/C42H26N2O/c1-3-13-27(14-4-1)29-17-11-18-30(25-29)31-19-12-20-32(26-31)39-38-37-35-23-9-7-21-33(35)34-22-8-10-24-36(34)40(37)45-42(38)44-41(43-39)28-15-5-2-6-16-28/h1-26H. The number of furan rings is 1. The van der Waals surface area contributed by atoms with Crippen molar-refractivity contribution in [3.63, 3.8) is 0 Å². The van der Waals surface area contributed by atoms with Gasteiger partial charge in [0, 0.05) is 21.9 Å². The third-order valence-electron chi connectivity index (χ3n) is 8.68. The Labute approximate surface area is 260 Å². The lowest BCUT2D eigenvalue weighted by molar-refractivity contribution is 0.657. The summed E-state index contributed by atoms with van der Waals surface area (Å²) in [5.74, 6) is 0.641. The van der Waals surface area contributed by atoms with Crippen LogP contribution in [0.4, 0.5) is 0 Å². The summed E-state index contributed by atoms with van der Waals surface area (Å²) in [7, 11) is 0. The van der Waals surface area contributed by atoms with Gasteiger partial charge in [0.2, 0.25) is 5.71 Å². The maximum Gasteiger partial charge on any atom is 0.231 e. The van der Waals surface area contributed by atoms with Gasteiger partial charge in [-0.15, -0.1) is 0 Å². The minimum absolute atomic E-state index is 0.590. The molecule has 0 saturated heterocycles. The number of hydrogen-bond acceptors (Lipinski definition) is 3. The van der Waals surface area contributed by atoms with Crippen LogP contribution in [0.1, 0.15) is 0 Å². The average molecular weight is 575 g/mol. The Bertz CT molecular complexity index is 2530. The van der Waals surface area contributed by atoms with Gasteiger partial charge in [0.15, 0.2) is 5.82 Å². The summed E-state index contributed by atoms with van der Waals surface area (Å²) in [6.45, 7) is 0. The van der Waals surface area contributed by atoms with Crippen molar-refractivity contribution in [2.24, 2.45) is 0 Å². The number of benzene rings is 7. The second-order valence-corrected chi connectivity index (χ2v) is 11.4. The summed E-state index contributed by atoms with van der Waals surface area (Å²) in [6.07, 6.45) is 0. The Morgan fingerprint density at radius 1 is 0.356 bits per heavy atom. The smallest absolute Gasteiger partial charge is 0.231 e. The molecule has 7 aromatic carbocycles. The van der Waals surface area contributed by atoms with E-state index in [-0.39, 0.29) is 0 Å². The Kier molecular flexibility index (Phi) is 5.82. The third kappa shape index (κ3) is 4.21. The molecule has 0 aliphatic heterocycles. The Balaban J connectivity index is 1.34. The van der Waals surface area contributed by atoms with E-state index in [1.165, 1.54) is 16.5 Å². The highest BCUT2D eigenvalue weighted by molar-refractivity contribution is 6.31. The molecular formula is C42H26N2O. The van der Waals surface area contributed by atoms with Crippen molar-refractivity contribution in [2.45, 2.75) is 0 Å². The molecule has 0 amide bonds. The molecule has 0 bridgehead atoms. The molecule has 210 valence electrons. The number of nitrogens with zero attached hydrogens (tertiary/aromatic N) is 2. The summed E-state index contributed by atoms with van der Waals surface area (Å²) in [5.41, 5.74) is 8.92. The van der Waals surface area contributed by atoms with Crippen LogP contribution in [0.5, 0.6) is 0 Å². The summed E-state index contributed by atoms with van der Waals surface area (Å²) in [6, 6.07) is 55.0. The van der Waals surface area contributed by atoms with Gasteiger partial charge >= 0.3 is 0 Å². The SMILES string of the molecule is c1ccc(-c2cccc(-c3cccc(-c4nc(-c5ccccc5)nc5oc6c7ccccc7c7ccccc7c6c45)c3)c2)cc1. The molecule has 45 heavy (non-hydrogen) atoms. The third-order valence-corrected chi connectivity index (χ3v) is 8.68. The highest BCUT2D eigenvalue weighted by Crippen LogP contribution is 2.44. The normalized spacial score (nSPS) is 11.6. The van der Waals surface area contributed by atoms with Crippen LogP contribution in [0, 0.1) is 0 Å². The zero-order valence-electron chi connectivity index (χ0n) is 24.3.